The molecule has 0 spiro atoms. The number of rotatable bonds is 7. The first-order valence-corrected chi connectivity index (χ1v) is 7.46. The van der Waals surface area contributed by atoms with E-state index in [1.165, 1.54) is 25.3 Å². The lowest BCUT2D eigenvalue weighted by Gasteiger charge is -2.11. The van der Waals surface area contributed by atoms with E-state index < -0.39 is 30.9 Å². The molecule has 0 radical (unpaired) electrons. The van der Waals surface area contributed by atoms with Crippen LogP contribution in [0.1, 0.15) is 5.56 Å². The molecule has 0 aliphatic rings. The molecule has 0 aliphatic carbocycles. The predicted octanol–water partition coefficient (Wildman–Crippen LogP) is 2.70. The molecular formula is C18H18FNO5. The van der Waals surface area contributed by atoms with Crippen molar-refractivity contribution in [1.29, 1.82) is 0 Å². The molecule has 0 saturated carbocycles. The fourth-order valence-electron chi connectivity index (χ4n) is 1.99. The summed E-state index contributed by atoms with van der Waals surface area (Å²) in [6.07, 6.45) is 0. The Bertz CT molecular complexity index is 763. The highest BCUT2D eigenvalue weighted by Gasteiger charge is 2.11. The van der Waals surface area contributed by atoms with E-state index in [1.807, 2.05) is 13.0 Å². The second-order valence-electron chi connectivity index (χ2n) is 5.16. The van der Waals surface area contributed by atoms with Crippen LogP contribution in [-0.2, 0) is 14.3 Å². The zero-order valence-electron chi connectivity index (χ0n) is 13.9. The van der Waals surface area contributed by atoms with Crippen LogP contribution < -0.4 is 14.8 Å². The van der Waals surface area contributed by atoms with E-state index in [1.54, 1.807) is 12.1 Å². The quantitative estimate of drug-likeness (QED) is 0.780. The third kappa shape index (κ3) is 5.80. The Morgan fingerprint density at radius 1 is 1.12 bits per heavy atom. The molecule has 1 N–H and O–H groups in total. The van der Waals surface area contributed by atoms with Gasteiger partial charge in [-0.05, 0) is 36.8 Å². The molecule has 7 heteroatoms. The fraction of sp³-hybridized carbons (Fsp3) is 0.222. The number of methoxy groups -OCH3 is 1. The zero-order valence-corrected chi connectivity index (χ0v) is 13.9. The van der Waals surface area contributed by atoms with E-state index in [4.69, 9.17) is 14.2 Å². The largest absolute Gasteiger partial charge is 0.495 e. The lowest BCUT2D eigenvalue weighted by atomic mass is 10.2. The second kappa shape index (κ2) is 8.68. The summed E-state index contributed by atoms with van der Waals surface area (Å²) < 4.78 is 28.0. The van der Waals surface area contributed by atoms with Crippen molar-refractivity contribution in [3.05, 3.63) is 53.8 Å². The highest BCUT2D eigenvalue weighted by Crippen LogP contribution is 2.25. The molecule has 25 heavy (non-hydrogen) atoms. The summed E-state index contributed by atoms with van der Waals surface area (Å²) >= 11 is 0. The summed E-state index contributed by atoms with van der Waals surface area (Å²) in [4.78, 5) is 23.5. The van der Waals surface area contributed by atoms with Crippen LogP contribution in [0.4, 0.5) is 10.1 Å². The molecule has 0 heterocycles. The standard InChI is InChI=1S/C18H18FNO5/c1-12-6-7-16(23-2)15(8-12)20-17(21)10-25-18(22)11-24-14-5-3-4-13(19)9-14/h3-9H,10-11H2,1-2H3,(H,20,21). The predicted molar refractivity (Wildman–Crippen MR) is 89.2 cm³/mol. The smallest absolute Gasteiger partial charge is 0.344 e. The van der Waals surface area contributed by atoms with E-state index in [-0.39, 0.29) is 5.75 Å². The van der Waals surface area contributed by atoms with Crippen molar-refractivity contribution in [2.75, 3.05) is 25.6 Å². The number of esters is 1. The van der Waals surface area contributed by atoms with Gasteiger partial charge in [0.1, 0.15) is 17.3 Å². The van der Waals surface area contributed by atoms with Gasteiger partial charge in [-0.25, -0.2) is 9.18 Å². The first kappa shape index (κ1) is 18.3. The topological polar surface area (TPSA) is 73.9 Å². The Morgan fingerprint density at radius 3 is 2.64 bits per heavy atom. The fourth-order valence-corrected chi connectivity index (χ4v) is 1.99. The molecule has 2 aromatic carbocycles. The SMILES string of the molecule is COc1ccc(C)cc1NC(=O)COC(=O)COc1cccc(F)c1. The van der Waals surface area contributed by atoms with Crippen molar-refractivity contribution in [2.45, 2.75) is 6.92 Å². The third-order valence-electron chi connectivity index (χ3n) is 3.15. The Labute approximate surface area is 144 Å². The molecule has 0 atom stereocenters. The van der Waals surface area contributed by atoms with Gasteiger partial charge in [-0.3, -0.25) is 4.79 Å². The van der Waals surface area contributed by atoms with E-state index in [0.717, 1.165) is 11.6 Å². The average Bonchev–Trinajstić information content (AvgIpc) is 2.58. The zero-order chi connectivity index (χ0) is 18.2. The highest BCUT2D eigenvalue weighted by atomic mass is 19.1. The number of nitrogens with one attached hydrogen (secondary N) is 1. The van der Waals surface area contributed by atoms with Crippen molar-refractivity contribution in [1.82, 2.24) is 0 Å². The van der Waals surface area contributed by atoms with Gasteiger partial charge in [0.05, 0.1) is 12.8 Å². The Balaban J connectivity index is 1.79. The first-order valence-electron chi connectivity index (χ1n) is 7.46. The molecule has 2 aromatic rings. The van der Waals surface area contributed by atoms with Gasteiger partial charge >= 0.3 is 5.97 Å². The number of anilines is 1. The maximum absolute atomic E-state index is 13.0. The van der Waals surface area contributed by atoms with Gasteiger partial charge in [0.25, 0.3) is 5.91 Å². The van der Waals surface area contributed by atoms with Crippen LogP contribution in [0.5, 0.6) is 11.5 Å². The van der Waals surface area contributed by atoms with Crippen LogP contribution in [0.2, 0.25) is 0 Å². The second-order valence-corrected chi connectivity index (χ2v) is 5.16. The maximum Gasteiger partial charge on any atom is 0.344 e. The molecule has 0 aliphatic heterocycles. The van der Waals surface area contributed by atoms with Crippen LogP contribution in [0.15, 0.2) is 42.5 Å². The Kier molecular flexibility index (Phi) is 6.33. The number of aryl methyl sites for hydroxylation is 1. The molecule has 6 nitrogen and oxygen atoms in total. The molecule has 0 aromatic heterocycles. The van der Waals surface area contributed by atoms with Crippen molar-refractivity contribution in [3.63, 3.8) is 0 Å². The minimum Gasteiger partial charge on any atom is -0.495 e. The van der Waals surface area contributed by atoms with Crippen LogP contribution in [-0.4, -0.2) is 32.2 Å². The number of amides is 1. The summed E-state index contributed by atoms with van der Waals surface area (Å²) in [5.41, 5.74) is 1.43. The van der Waals surface area contributed by atoms with Gasteiger partial charge in [0.2, 0.25) is 0 Å². The van der Waals surface area contributed by atoms with Crippen LogP contribution in [0.3, 0.4) is 0 Å². The number of carbonyl (C=O) groups is 2. The number of ether oxygens (including phenoxy) is 3. The van der Waals surface area contributed by atoms with Crippen LogP contribution in [0, 0.1) is 12.7 Å². The van der Waals surface area contributed by atoms with Gasteiger partial charge in [0, 0.05) is 6.07 Å². The maximum atomic E-state index is 13.0. The number of carbonyl (C=O) groups excluding carboxylic acids is 2. The molecule has 2 rings (SSSR count). The van der Waals surface area contributed by atoms with E-state index in [0.29, 0.717) is 11.4 Å². The van der Waals surface area contributed by atoms with Crippen molar-refractivity contribution >= 4 is 17.6 Å². The molecule has 132 valence electrons. The van der Waals surface area contributed by atoms with E-state index >= 15 is 0 Å². The summed E-state index contributed by atoms with van der Waals surface area (Å²) in [6, 6.07) is 10.7. The third-order valence-corrected chi connectivity index (χ3v) is 3.15. The monoisotopic (exact) mass is 347 g/mol. The molecule has 0 saturated heterocycles. The normalized spacial score (nSPS) is 10.0. The lowest BCUT2D eigenvalue weighted by Crippen LogP contribution is -2.23. The van der Waals surface area contributed by atoms with Gasteiger partial charge < -0.3 is 19.5 Å². The number of hydrogen-bond donors (Lipinski definition) is 1. The molecule has 0 bridgehead atoms. The summed E-state index contributed by atoms with van der Waals surface area (Å²) in [7, 11) is 1.49. The van der Waals surface area contributed by atoms with Gasteiger partial charge in [-0.2, -0.15) is 0 Å². The average molecular weight is 347 g/mol. The number of hydrogen-bond acceptors (Lipinski definition) is 5. The molecular weight excluding hydrogens is 329 g/mol. The Hall–Kier alpha value is -3.09. The van der Waals surface area contributed by atoms with Gasteiger partial charge in [0.15, 0.2) is 13.2 Å². The summed E-state index contributed by atoms with van der Waals surface area (Å²) in [5, 5.41) is 2.61. The number of halogens is 1. The minimum atomic E-state index is -0.740. The Morgan fingerprint density at radius 2 is 1.92 bits per heavy atom. The van der Waals surface area contributed by atoms with Crippen molar-refractivity contribution in [2.24, 2.45) is 0 Å². The first-order chi connectivity index (χ1) is 12.0. The molecule has 1 amide bonds. The van der Waals surface area contributed by atoms with Crippen LogP contribution >= 0.6 is 0 Å². The van der Waals surface area contributed by atoms with Gasteiger partial charge in [-0.15, -0.1) is 0 Å². The van der Waals surface area contributed by atoms with Crippen LogP contribution in [0.25, 0.3) is 0 Å². The van der Waals surface area contributed by atoms with Crippen molar-refractivity contribution in [3.8, 4) is 11.5 Å². The van der Waals surface area contributed by atoms with E-state index in [9.17, 15) is 14.0 Å². The van der Waals surface area contributed by atoms with E-state index in [2.05, 4.69) is 5.32 Å². The summed E-state index contributed by atoms with van der Waals surface area (Å²) in [5.74, 6) is -1.03. The highest BCUT2D eigenvalue weighted by molar-refractivity contribution is 5.94. The minimum absolute atomic E-state index is 0.200. The lowest BCUT2D eigenvalue weighted by molar-refractivity contribution is -0.149. The van der Waals surface area contributed by atoms with Gasteiger partial charge in [-0.1, -0.05) is 12.1 Å². The molecule has 0 fully saturated rings. The van der Waals surface area contributed by atoms with Crippen molar-refractivity contribution < 1.29 is 28.2 Å². The number of benzene rings is 2. The molecule has 0 unspecified atom stereocenters. The summed E-state index contributed by atoms with van der Waals surface area (Å²) in [6.45, 7) is 0.978.